The van der Waals surface area contributed by atoms with Gasteiger partial charge in [0.2, 0.25) is 0 Å². The van der Waals surface area contributed by atoms with Crippen LogP contribution < -0.4 is 4.90 Å². The maximum atomic E-state index is 12.4. The van der Waals surface area contributed by atoms with E-state index in [-0.39, 0.29) is 12.0 Å². The molecule has 0 aromatic carbocycles. The fourth-order valence-electron chi connectivity index (χ4n) is 2.99. The van der Waals surface area contributed by atoms with E-state index in [2.05, 4.69) is 9.88 Å². The van der Waals surface area contributed by atoms with Crippen LogP contribution >= 0.6 is 0 Å². The predicted octanol–water partition coefficient (Wildman–Crippen LogP) is 0.833. The second kappa shape index (κ2) is 8.15. The Morgan fingerprint density at radius 1 is 1.08 bits per heavy atom. The van der Waals surface area contributed by atoms with Crippen molar-refractivity contribution in [1.82, 2.24) is 14.8 Å². The minimum absolute atomic E-state index is 0.0537. The van der Waals surface area contributed by atoms with Gasteiger partial charge in [-0.2, -0.15) is 0 Å². The minimum atomic E-state index is -0.258. The molecule has 136 valence electrons. The molecule has 2 amide bonds. The Hall–Kier alpha value is -2.35. The van der Waals surface area contributed by atoms with Crippen LogP contribution in [0.25, 0.3) is 0 Å². The highest BCUT2D eigenvalue weighted by atomic mass is 16.6. The summed E-state index contributed by atoms with van der Waals surface area (Å²) in [5.41, 5.74) is 1.41. The van der Waals surface area contributed by atoms with Crippen molar-refractivity contribution in [3.63, 3.8) is 0 Å². The summed E-state index contributed by atoms with van der Waals surface area (Å²) in [7, 11) is 0. The normalized spacial score (nSPS) is 18.2. The quantitative estimate of drug-likeness (QED) is 0.806. The highest BCUT2D eigenvalue weighted by Crippen LogP contribution is 2.17. The molecule has 8 heteroatoms. The molecule has 2 saturated heterocycles. The summed E-state index contributed by atoms with van der Waals surface area (Å²) < 4.78 is 10.3. The third-order valence-corrected chi connectivity index (χ3v) is 4.44. The van der Waals surface area contributed by atoms with E-state index in [0.29, 0.717) is 51.7 Å². The molecule has 3 rings (SSSR count). The third kappa shape index (κ3) is 4.19. The van der Waals surface area contributed by atoms with E-state index in [1.807, 2.05) is 6.07 Å². The zero-order valence-corrected chi connectivity index (χ0v) is 14.5. The summed E-state index contributed by atoms with van der Waals surface area (Å²) in [6.45, 7) is 7.25. The average molecular weight is 348 g/mol. The van der Waals surface area contributed by atoms with Gasteiger partial charge in [-0.15, -0.1) is 0 Å². The predicted molar refractivity (Wildman–Crippen MR) is 91.8 cm³/mol. The fourth-order valence-corrected chi connectivity index (χ4v) is 2.99. The summed E-state index contributed by atoms with van der Waals surface area (Å²) in [5, 5.41) is 0. The number of piperazine rings is 1. The van der Waals surface area contributed by atoms with Gasteiger partial charge >= 0.3 is 6.09 Å². The number of amides is 2. The highest BCUT2D eigenvalue weighted by molar-refractivity contribution is 5.92. The number of ether oxygens (including phenoxy) is 2. The third-order valence-electron chi connectivity index (χ3n) is 4.44. The smallest absolute Gasteiger partial charge is 0.409 e. The van der Waals surface area contributed by atoms with Gasteiger partial charge < -0.3 is 24.2 Å². The molecule has 0 aliphatic carbocycles. The Kier molecular flexibility index (Phi) is 5.70. The second-order valence-corrected chi connectivity index (χ2v) is 5.98. The summed E-state index contributed by atoms with van der Waals surface area (Å²) in [6.07, 6.45) is 1.47. The second-order valence-electron chi connectivity index (χ2n) is 5.98. The lowest BCUT2D eigenvalue weighted by Crippen LogP contribution is -2.49. The van der Waals surface area contributed by atoms with E-state index >= 15 is 0 Å². The van der Waals surface area contributed by atoms with Crippen molar-refractivity contribution < 1.29 is 19.1 Å². The first-order valence-electron chi connectivity index (χ1n) is 8.68. The van der Waals surface area contributed by atoms with Crippen LogP contribution in [0.15, 0.2) is 18.3 Å². The molecule has 0 radical (unpaired) electrons. The van der Waals surface area contributed by atoms with Crippen molar-refractivity contribution in [3.8, 4) is 0 Å². The maximum Gasteiger partial charge on any atom is 0.409 e. The Morgan fingerprint density at radius 2 is 1.80 bits per heavy atom. The van der Waals surface area contributed by atoms with Crippen LogP contribution in [-0.2, 0) is 9.47 Å². The molecule has 0 N–H and O–H groups in total. The van der Waals surface area contributed by atoms with Crippen molar-refractivity contribution in [1.29, 1.82) is 0 Å². The molecule has 1 aromatic rings. The number of carbonyl (C=O) groups is 2. The Bertz CT molecular complexity index is 593. The lowest BCUT2D eigenvalue weighted by atomic mass is 10.2. The van der Waals surface area contributed by atoms with Crippen molar-refractivity contribution in [2.45, 2.75) is 6.92 Å². The molecule has 25 heavy (non-hydrogen) atoms. The van der Waals surface area contributed by atoms with Gasteiger partial charge in [-0.1, -0.05) is 0 Å². The number of aromatic nitrogens is 1. The van der Waals surface area contributed by atoms with Crippen molar-refractivity contribution >= 4 is 17.7 Å². The molecule has 2 aliphatic heterocycles. The minimum Gasteiger partial charge on any atom is -0.450 e. The van der Waals surface area contributed by atoms with Crippen LogP contribution in [0.5, 0.6) is 0 Å². The maximum absolute atomic E-state index is 12.4. The zero-order valence-electron chi connectivity index (χ0n) is 14.5. The van der Waals surface area contributed by atoms with Crippen LogP contribution in [0.2, 0.25) is 0 Å². The first-order chi connectivity index (χ1) is 12.2. The van der Waals surface area contributed by atoms with Crippen LogP contribution in [0, 0.1) is 0 Å². The van der Waals surface area contributed by atoms with Crippen LogP contribution in [-0.4, -0.2) is 85.9 Å². The lowest BCUT2D eigenvalue weighted by molar-refractivity contribution is 0.0299. The topological polar surface area (TPSA) is 75.2 Å². The Morgan fingerprint density at radius 3 is 2.40 bits per heavy atom. The molecule has 0 atom stereocenters. The first-order valence-corrected chi connectivity index (χ1v) is 8.68. The first kappa shape index (κ1) is 17.5. The largest absolute Gasteiger partial charge is 0.450 e. The highest BCUT2D eigenvalue weighted by Gasteiger charge is 2.23. The number of carbonyl (C=O) groups excluding carboxylic acids is 2. The van der Waals surface area contributed by atoms with Gasteiger partial charge in [0, 0.05) is 39.3 Å². The van der Waals surface area contributed by atoms with Gasteiger partial charge in [-0.05, 0) is 19.1 Å². The van der Waals surface area contributed by atoms with Gasteiger partial charge in [0.1, 0.15) is 5.69 Å². The average Bonchev–Trinajstić information content (AvgIpc) is 2.68. The van der Waals surface area contributed by atoms with Gasteiger partial charge in [-0.3, -0.25) is 4.79 Å². The van der Waals surface area contributed by atoms with Crippen LogP contribution in [0.1, 0.15) is 17.4 Å². The fraction of sp³-hybridized carbons (Fsp3) is 0.588. The van der Waals surface area contributed by atoms with Crippen molar-refractivity contribution in [2.24, 2.45) is 0 Å². The molecule has 2 fully saturated rings. The van der Waals surface area contributed by atoms with E-state index in [4.69, 9.17) is 9.47 Å². The number of pyridine rings is 1. The number of hydrogen-bond donors (Lipinski definition) is 0. The molecule has 2 aliphatic rings. The standard InChI is InChI=1S/C17H24N4O4/c1-2-25-17(23)21-7-5-19(6-8-21)14-3-4-15(18-13-14)16(22)20-9-11-24-12-10-20/h3-4,13H,2,5-12H2,1H3. The van der Waals surface area contributed by atoms with Gasteiger partial charge in [0.15, 0.2) is 0 Å². The van der Waals surface area contributed by atoms with Gasteiger partial charge in [0.05, 0.1) is 31.7 Å². The van der Waals surface area contributed by atoms with Crippen molar-refractivity contribution in [2.75, 3.05) is 64.0 Å². The lowest BCUT2D eigenvalue weighted by Gasteiger charge is -2.35. The van der Waals surface area contributed by atoms with Crippen LogP contribution in [0.4, 0.5) is 10.5 Å². The molecule has 0 bridgehead atoms. The molecule has 8 nitrogen and oxygen atoms in total. The monoisotopic (exact) mass is 348 g/mol. The summed E-state index contributed by atoms with van der Waals surface area (Å²) >= 11 is 0. The summed E-state index contributed by atoms with van der Waals surface area (Å²) in [4.78, 5) is 34.1. The van der Waals surface area contributed by atoms with Gasteiger partial charge in [0.25, 0.3) is 5.91 Å². The van der Waals surface area contributed by atoms with E-state index in [0.717, 1.165) is 18.8 Å². The Balaban J connectivity index is 1.56. The van der Waals surface area contributed by atoms with E-state index in [1.54, 1.807) is 29.0 Å². The van der Waals surface area contributed by atoms with E-state index in [1.165, 1.54) is 0 Å². The summed E-state index contributed by atoms with van der Waals surface area (Å²) in [6, 6.07) is 3.69. The molecular weight excluding hydrogens is 324 g/mol. The molecule has 3 heterocycles. The number of anilines is 1. The Labute approximate surface area is 147 Å². The molecule has 1 aromatic heterocycles. The molecule has 0 unspecified atom stereocenters. The number of morpholine rings is 1. The number of rotatable bonds is 3. The zero-order chi connectivity index (χ0) is 17.6. The molecular formula is C17H24N4O4. The van der Waals surface area contributed by atoms with Crippen molar-refractivity contribution in [3.05, 3.63) is 24.0 Å². The SMILES string of the molecule is CCOC(=O)N1CCN(c2ccc(C(=O)N3CCOCC3)nc2)CC1. The molecule has 0 saturated carbocycles. The molecule has 0 spiro atoms. The number of nitrogens with zero attached hydrogens (tertiary/aromatic N) is 4. The summed E-state index contributed by atoms with van der Waals surface area (Å²) in [5.74, 6) is -0.0537. The number of hydrogen-bond acceptors (Lipinski definition) is 6. The van der Waals surface area contributed by atoms with E-state index in [9.17, 15) is 9.59 Å². The van der Waals surface area contributed by atoms with E-state index < -0.39 is 0 Å². The van der Waals surface area contributed by atoms with Crippen LogP contribution in [0.3, 0.4) is 0 Å². The van der Waals surface area contributed by atoms with Gasteiger partial charge in [-0.25, -0.2) is 9.78 Å².